The molecule has 1 amide bonds. The minimum atomic E-state index is 0.0196. The first-order valence-corrected chi connectivity index (χ1v) is 22.4. The van der Waals surface area contributed by atoms with Crippen molar-refractivity contribution in [3.8, 4) is 11.5 Å². The quantitative estimate of drug-likeness (QED) is 0.272. The average molecular weight is 742 g/mol. The number of fused-ring (bicyclic) bond motifs is 40. The number of anilines is 1. The van der Waals surface area contributed by atoms with Gasteiger partial charge in [-0.05, 0) is 200 Å². The van der Waals surface area contributed by atoms with E-state index in [0.29, 0.717) is 69.0 Å². The second-order valence-corrected chi connectivity index (χ2v) is 22.6. The van der Waals surface area contributed by atoms with Gasteiger partial charge < -0.3 is 14.8 Å². The van der Waals surface area contributed by atoms with E-state index in [2.05, 4.69) is 76.5 Å². The Morgan fingerprint density at radius 3 is 1.34 bits per heavy atom. The molecule has 0 saturated heterocycles. The Balaban J connectivity index is 0.844. The maximum Gasteiger partial charge on any atom is 0.221 e. The van der Waals surface area contributed by atoms with Crippen LogP contribution in [-0.4, -0.2) is 20.1 Å². The van der Waals surface area contributed by atoms with Gasteiger partial charge in [-0.25, -0.2) is 0 Å². The summed E-state index contributed by atoms with van der Waals surface area (Å²) in [5, 5.41) is 5.72. The van der Waals surface area contributed by atoms with E-state index >= 15 is 0 Å². The van der Waals surface area contributed by atoms with Crippen molar-refractivity contribution in [1.29, 1.82) is 0 Å². The third kappa shape index (κ3) is 2.56. The molecule has 0 heterocycles. The van der Waals surface area contributed by atoms with Crippen LogP contribution in [0.4, 0.5) is 5.69 Å². The molecule has 0 spiro atoms. The molecule has 9 saturated carbocycles. The van der Waals surface area contributed by atoms with Crippen molar-refractivity contribution in [2.75, 3.05) is 19.5 Å². The van der Waals surface area contributed by atoms with Gasteiger partial charge in [0.1, 0.15) is 11.5 Å². The Hall–Kier alpha value is -3.53. The van der Waals surface area contributed by atoms with Gasteiger partial charge >= 0.3 is 0 Å². The van der Waals surface area contributed by atoms with Crippen molar-refractivity contribution in [2.24, 2.45) is 80.8 Å². The summed E-state index contributed by atoms with van der Waals surface area (Å²) in [7, 11) is 3.91. The molecule has 8 bridgehead atoms. The van der Waals surface area contributed by atoms with Gasteiger partial charge in [0.25, 0.3) is 0 Å². The normalized spacial score (nSPS) is 53.1. The van der Waals surface area contributed by atoms with Crippen molar-refractivity contribution >= 4 is 22.4 Å². The van der Waals surface area contributed by atoms with E-state index in [1.165, 1.54) is 70.2 Å². The molecule has 0 radical (unpaired) electrons. The van der Waals surface area contributed by atoms with Crippen molar-refractivity contribution < 1.29 is 14.3 Å². The van der Waals surface area contributed by atoms with Gasteiger partial charge in [0, 0.05) is 34.5 Å². The first kappa shape index (κ1) is 31.5. The monoisotopic (exact) mass is 741 g/mol. The Kier molecular flexibility index (Phi) is 4.91. The molecule has 3 aromatic carbocycles. The van der Waals surface area contributed by atoms with Crippen LogP contribution in [0.3, 0.4) is 0 Å². The molecule has 3 aromatic rings. The summed E-state index contributed by atoms with van der Waals surface area (Å²) in [4.78, 5) is 12.0. The number of methoxy groups -OCH3 is 2. The van der Waals surface area contributed by atoms with Crippen molar-refractivity contribution in [2.45, 2.75) is 95.8 Å². The summed E-state index contributed by atoms with van der Waals surface area (Å²) in [6.07, 6.45) is 5.19. The molecular weight excluding hydrogens is 687 g/mol. The zero-order valence-electron chi connectivity index (χ0n) is 34.1. The van der Waals surface area contributed by atoms with E-state index in [-0.39, 0.29) is 5.91 Å². The van der Waals surface area contributed by atoms with Crippen LogP contribution in [0.1, 0.15) is 129 Å². The lowest BCUT2D eigenvalue weighted by Gasteiger charge is -2.84. The number of rotatable bonds is 3. The fourth-order valence-electron chi connectivity index (χ4n) is 21.9. The number of nitrogens with one attached hydrogen (secondary N) is 1. The van der Waals surface area contributed by atoms with Gasteiger partial charge in [-0.15, -0.1) is 0 Å². The van der Waals surface area contributed by atoms with Crippen LogP contribution in [-0.2, 0) is 4.79 Å². The van der Waals surface area contributed by atoms with Gasteiger partial charge in [-0.2, -0.15) is 0 Å². The number of amides is 1. The third-order valence-electron chi connectivity index (χ3n) is 22.9. The molecule has 12 aliphatic rings. The Labute approximate surface area is 331 Å². The fourth-order valence-corrected chi connectivity index (χ4v) is 21.9. The smallest absolute Gasteiger partial charge is 0.221 e. The summed E-state index contributed by atoms with van der Waals surface area (Å²) in [6.45, 7) is 21.7. The minimum Gasteiger partial charge on any atom is -0.496 e. The summed E-state index contributed by atoms with van der Waals surface area (Å²) in [5.41, 5.74) is 14.7. The maximum absolute atomic E-state index is 12.0. The lowest BCUT2D eigenvalue weighted by Crippen LogP contribution is -2.80. The number of carbonyl (C=O) groups excluding carboxylic acids is 1. The predicted molar refractivity (Wildman–Crippen MR) is 218 cm³/mol. The first-order chi connectivity index (χ1) is 26.9. The van der Waals surface area contributed by atoms with E-state index < -0.39 is 0 Å². The lowest BCUT2D eigenvalue weighted by molar-refractivity contribution is -0.354. The maximum atomic E-state index is 12.0. The second-order valence-electron chi connectivity index (χ2n) is 22.6. The standard InChI is InChI=1S/C52H55NO3/c1-19-20(2)25-13-24(19)39-40(25)50(5)46-36-18-35(45(46)49(39,50)4)37-38(36)48(56-9)34-15-28-27(14-33(34)47(37)55-8)31-17-32(28)44-43(31)51(6)41-29-16-30(42(41)52(44,51)7)26-12-22(53-21(3)54)10-11-23(26)29/h10-12,14-15,24-25,29-32,35-36,39-46H,1-2,13,16-18H2,3-9H3,(H,53,54)/t24-,25+,29+,30-,31-,32+,35+,36-,39?,40?,41?,42?,43?,44?,45?,46?,49-,50+,51+,52-/m1/s1. The molecule has 15 rings (SSSR count). The van der Waals surface area contributed by atoms with E-state index in [1.54, 1.807) is 29.2 Å². The SMILES string of the molecule is C=C1C(=C)[C@@H]2C[C@H]1C1C2[C@@]2(C)C3C([C@H]4C[C@@H]3c3c4c(OC)c4cc5c(cc4c3OC)[C@@H]3C[C@H]5C4C3[C@@]3(C)C5C([C@H]6C[C@@H]5c5cc(NC(C)=O)ccc56)[C@@]43C)[C@@]12C. The topological polar surface area (TPSA) is 47.6 Å². The first-order valence-electron chi connectivity index (χ1n) is 22.4. The molecular formula is C52H55NO3. The van der Waals surface area contributed by atoms with E-state index in [0.717, 1.165) is 53.0 Å². The zero-order chi connectivity index (χ0) is 37.8. The molecule has 12 aliphatic carbocycles. The largest absolute Gasteiger partial charge is 0.496 e. The highest BCUT2D eigenvalue weighted by atomic mass is 16.5. The predicted octanol–water partition coefficient (Wildman–Crippen LogP) is 11.0. The number of ether oxygens (including phenoxy) is 2. The Morgan fingerprint density at radius 1 is 0.554 bits per heavy atom. The van der Waals surface area contributed by atoms with Crippen LogP contribution < -0.4 is 14.8 Å². The molecule has 286 valence electrons. The average Bonchev–Trinajstić information content (AvgIpc) is 4.06. The highest BCUT2D eigenvalue weighted by molar-refractivity contribution is 5.99. The van der Waals surface area contributed by atoms with Crippen LogP contribution >= 0.6 is 0 Å². The summed E-state index contributed by atoms with van der Waals surface area (Å²) < 4.78 is 13.3. The molecule has 0 aliphatic heterocycles. The number of hydrogen-bond acceptors (Lipinski definition) is 3. The highest BCUT2D eigenvalue weighted by Gasteiger charge is 2.90. The molecule has 8 unspecified atom stereocenters. The van der Waals surface area contributed by atoms with Crippen LogP contribution in [0.25, 0.3) is 10.8 Å². The molecule has 4 heteroatoms. The van der Waals surface area contributed by atoms with Crippen molar-refractivity contribution in [1.82, 2.24) is 0 Å². The number of hydrogen-bond donors (Lipinski definition) is 1. The summed E-state index contributed by atoms with van der Waals surface area (Å²) in [6, 6.07) is 12.1. The second kappa shape index (κ2) is 8.74. The van der Waals surface area contributed by atoms with E-state index in [4.69, 9.17) is 9.47 Å². The van der Waals surface area contributed by atoms with Gasteiger partial charge in [0.2, 0.25) is 5.91 Å². The molecule has 56 heavy (non-hydrogen) atoms. The van der Waals surface area contributed by atoms with Crippen LogP contribution in [0.5, 0.6) is 11.5 Å². The van der Waals surface area contributed by atoms with E-state index in [9.17, 15) is 4.79 Å². The number of carbonyl (C=O) groups is 1. The van der Waals surface area contributed by atoms with Crippen LogP contribution in [0, 0.1) is 80.8 Å². The van der Waals surface area contributed by atoms with Gasteiger partial charge in [-0.3, -0.25) is 4.79 Å². The molecule has 9 fully saturated rings. The van der Waals surface area contributed by atoms with Gasteiger partial charge in [0.05, 0.1) is 14.2 Å². The van der Waals surface area contributed by atoms with E-state index in [1.807, 2.05) is 14.2 Å². The highest BCUT2D eigenvalue weighted by Crippen LogP contribution is 2.97. The molecule has 1 N–H and O–H groups in total. The number of benzene rings is 3. The Morgan fingerprint density at radius 2 is 0.911 bits per heavy atom. The van der Waals surface area contributed by atoms with Crippen molar-refractivity contribution in [3.63, 3.8) is 0 Å². The molecule has 0 aromatic heterocycles. The lowest BCUT2D eigenvalue weighted by atomic mass is 9.19. The summed E-state index contributed by atoms with van der Waals surface area (Å²) in [5.74, 6) is 13.5. The zero-order valence-corrected chi connectivity index (χ0v) is 34.1. The molecule has 4 nitrogen and oxygen atoms in total. The minimum absolute atomic E-state index is 0.0196. The van der Waals surface area contributed by atoms with Crippen molar-refractivity contribution in [3.05, 3.63) is 88.0 Å². The van der Waals surface area contributed by atoms with Gasteiger partial charge in [-0.1, -0.05) is 46.9 Å². The summed E-state index contributed by atoms with van der Waals surface area (Å²) >= 11 is 0. The Bertz CT molecular complexity index is 2570. The third-order valence-corrected chi connectivity index (χ3v) is 22.9. The molecule has 20 atom stereocenters. The fraction of sp³-hybridized carbons (Fsp3) is 0.596. The van der Waals surface area contributed by atoms with Crippen LogP contribution in [0.15, 0.2) is 54.6 Å². The van der Waals surface area contributed by atoms with Crippen LogP contribution in [0.2, 0.25) is 0 Å². The van der Waals surface area contributed by atoms with Gasteiger partial charge in [0.15, 0.2) is 0 Å². The number of allylic oxidation sites excluding steroid dienone is 2.